The van der Waals surface area contributed by atoms with Crippen molar-refractivity contribution in [2.45, 2.75) is 46.2 Å². The Hall–Kier alpha value is -1.10. The van der Waals surface area contributed by atoms with Crippen molar-refractivity contribution >= 4 is 18.1 Å². The van der Waals surface area contributed by atoms with Gasteiger partial charge in [-0.15, -0.1) is 0 Å². The smallest absolute Gasteiger partial charge is 0.240 e. The van der Waals surface area contributed by atoms with Gasteiger partial charge in [-0.25, -0.2) is 0 Å². The van der Waals surface area contributed by atoms with Crippen molar-refractivity contribution in [1.82, 2.24) is 14.9 Å². The minimum absolute atomic E-state index is 0.00685. The first-order valence-corrected chi connectivity index (χ1v) is 5.90. The molecule has 5 heteroatoms. The van der Waals surface area contributed by atoms with E-state index in [9.17, 15) is 4.79 Å². The van der Waals surface area contributed by atoms with E-state index in [1.165, 1.54) is 0 Å². The van der Waals surface area contributed by atoms with Crippen LogP contribution in [0.3, 0.4) is 0 Å². The molecule has 0 saturated carbocycles. The maximum atomic E-state index is 11.7. The molecule has 0 spiro atoms. The number of nitrogens with one attached hydrogen (secondary N) is 2. The van der Waals surface area contributed by atoms with Crippen LogP contribution in [0.1, 0.15) is 39.3 Å². The monoisotopic (exact) mass is 241 g/mol. The minimum Gasteiger partial charge on any atom is -0.352 e. The van der Waals surface area contributed by atoms with E-state index in [0.29, 0.717) is 10.7 Å². The molecule has 0 aliphatic rings. The van der Waals surface area contributed by atoms with E-state index in [1.54, 1.807) is 0 Å². The summed E-state index contributed by atoms with van der Waals surface area (Å²) >= 11 is 5.15. The Bertz CT molecular complexity index is 417. The van der Waals surface area contributed by atoms with Crippen LogP contribution in [-0.2, 0) is 11.3 Å². The molecule has 0 aromatic carbocycles. The van der Waals surface area contributed by atoms with E-state index in [-0.39, 0.29) is 18.5 Å². The Labute approximate surface area is 101 Å². The van der Waals surface area contributed by atoms with Gasteiger partial charge in [-0.2, -0.15) is 0 Å². The zero-order valence-electron chi connectivity index (χ0n) is 10.2. The highest BCUT2D eigenvalue weighted by Gasteiger charge is 2.11. The molecule has 0 aliphatic heterocycles. The van der Waals surface area contributed by atoms with Gasteiger partial charge in [0.15, 0.2) is 4.77 Å². The predicted molar refractivity (Wildman–Crippen MR) is 67.0 cm³/mol. The standard InChI is InChI=1S/C11H19N3OS/c1-7(2)9-5-12-11(16)14(9)6-10(15)13-8(3)4/h5,7-8H,6H2,1-4H3,(H,12,16)(H,13,15). The fraction of sp³-hybridized carbons (Fsp3) is 0.636. The molecule has 2 N–H and O–H groups in total. The van der Waals surface area contributed by atoms with Gasteiger partial charge in [0.25, 0.3) is 0 Å². The Morgan fingerprint density at radius 2 is 2.12 bits per heavy atom. The summed E-state index contributed by atoms with van der Waals surface area (Å²) in [4.78, 5) is 14.6. The van der Waals surface area contributed by atoms with Crippen molar-refractivity contribution < 1.29 is 4.79 Å². The zero-order chi connectivity index (χ0) is 12.3. The van der Waals surface area contributed by atoms with Gasteiger partial charge < -0.3 is 14.9 Å². The summed E-state index contributed by atoms with van der Waals surface area (Å²) in [7, 11) is 0. The second-order valence-electron chi connectivity index (χ2n) is 4.48. The molecule has 0 unspecified atom stereocenters. The van der Waals surface area contributed by atoms with Crippen LogP contribution in [0.25, 0.3) is 0 Å². The highest BCUT2D eigenvalue weighted by molar-refractivity contribution is 7.71. The third-order valence-corrected chi connectivity index (χ3v) is 2.58. The number of carbonyl (C=O) groups excluding carboxylic acids is 1. The summed E-state index contributed by atoms with van der Waals surface area (Å²) in [6.07, 6.45) is 1.87. The topological polar surface area (TPSA) is 49.8 Å². The molecule has 1 aromatic rings. The highest BCUT2D eigenvalue weighted by atomic mass is 32.1. The van der Waals surface area contributed by atoms with Crippen LogP contribution in [0.2, 0.25) is 0 Å². The number of rotatable bonds is 4. The van der Waals surface area contributed by atoms with E-state index in [1.807, 2.05) is 24.6 Å². The number of carbonyl (C=O) groups is 1. The van der Waals surface area contributed by atoms with Crippen LogP contribution in [0.5, 0.6) is 0 Å². The second kappa shape index (κ2) is 5.30. The summed E-state index contributed by atoms with van der Waals surface area (Å²) in [6, 6.07) is 0.156. The van der Waals surface area contributed by atoms with Crippen LogP contribution in [-0.4, -0.2) is 21.5 Å². The predicted octanol–water partition coefficient (Wildman–Crippen LogP) is 2.19. The van der Waals surface area contributed by atoms with Gasteiger partial charge in [-0.1, -0.05) is 13.8 Å². The number of aromatic nitrogens is 2. The largest absolute Gasteiger partial charge is 0.352 e. The van der Waals surface area contributed by atoms with E-state index in [2.05, 4.69) is 24.1 Å². The van der Waals surface area contributed by atoms with Crippen LogP contribution in [0.4, 0.5) is 0 Å². The molecule has 4 nitrogen and oxygen atoms in total. The zero-order valence-corrected chi connectivity index (χ0v) is 11.0. The molecule has 0 saturated heterocycles. The quantitative estimate of drug-likeness (QED) is 0.794. The molecule has 1 aromatic heterocycles. The van der Waals surface area contributed by atoms with Gasteiger partial charge >= 0.3 is 0 Å². The van der Waals surface area contributed by atoms with Crippen molar-refractivity contribution in [2.24, 2.45) is 0 Å². The number of imidazole rings is 1. The molecule has 0 aliphatic carbocycles. The Kier molecular flexibility index (Phi) is 4.29. The highest BCUT2D eigenvalue weighted by Crippen LogP contribution is 2.14. The lowest BCUT2D eigenvalue weighted by molar-refractivity contribution is -0.122. The molecular weight excluding hydrogens is 222 g/mol. The van der Waals surface area contributed by atoms with E-state index in [4.69, 9.17) is 12.2 Å². The molecule has 0 atom stereocenters. The first-order valence-electron chi connectivity index (χ1n) is 5.49. The maximum absolute atomic E-state index is 11.7. The molecule has 1 amide bonds. The Morgan fingerprint density at radius 3 is 2.62 bits per heavy atom. The molecule has 90 valence electrons. The van der Waals surface area contributed by atoms with Crippen LogP contribution in [0, 0.1) is 4.77 Å². The third kappa shape index (κ3) is 3.20. The SMILES string of the molecule is CC(C)NC(=O)Cn1c(C(C)C)c[nH]c1=S. The summed E-state index contributed by atoms with van der Waals surface area (Å²) in [5.74, 6) is 0.340. The molecule has 16 heavy (non-hydrogen) atoms. The van der Waals surface area contributed by atoms with Gasteiger partial charge in [-0.05, 0) is 32.0 Å². The van der Waals surface area contributed by atoms with Crippen LogP contribution < -0.4 is 5.32 Å². The van der Waals surface area contributed by atoms with Crippen molar-refractivity contribution in [2.75, 3.05) is 0 Å². The first-order chi connectivity index (χ1) is 7.41. The van der Waals surface area contributed by atoms with E-state index in [0.717, 1.165) is 5.69 Å². The fourth-order valence-electron chi connectivity index (χ4n) is 1.56. The number of aromatic amines is 1. The molecule has 1 heterocycles. The number of amides is 1. The van der Waals surface area contributed by atoms with Gasteiger partial charge in [0.2, 0.25) is 5.91 Å². The number of hydrogen-bond acceptors (Lipinski definition) is 2. The lowest BCUT2D eigenvalue weighted by Crippen LogP contribution is -2.33. The van der Waals surface area contributed by atoms with Gasteiger partial charge in [0.1, 0.15) is 6.54 Å². The molecule has 0 bridgehead atoms. The van der Waals surface area contributed by atoms with E-state index < -0.39 is 0 Å². The van der Waals surface area contributed by atoms with Gasteiger partial charge in [0.05, 0.1) is 0 Å². The third-order valence-electron chi connectivity index (χ3n) is 2.24. The average molecular weight is 241 g/mol. The lowest BCUT2D eigenvalue weighted by atomic mass is 10.1. The van der Waals surface area contributed by atoms with Crippen LogP contribution >= 0.6 is 12.2 Å². The van der Waals surface area contributed by atoms with E-state index >= 15 is 0 Å². The first kappa shape index (κ1) is 13.0. The van der Waals surface area contributed by atoms with Crippen molar-refractivity contribution in [1.29, 1.82) is 0 Å². The second-order valence-corrected chi connectivity index (χ2v) is 4.87. The number of nitrogens with zero attached hydrogens (tertiary/aromatic N) is 1. The molecular formula is C11H19N3OS. The summed E-state index contributed by atoms with van der Waals surface area (Å²) in [6.45, 7) is 8.33. The van der Waals surface area contributed by atoms with Gasteiger partial charge in [-0.3, -0.25) is 4.79 Å². The normalized spacial score (nSPS) is 11.1. The summed E-state index contributed by atoms with van der Waals surface area (Å²) in [5, 5.41) is 2.85. The Morgan fingerprint density at radius 1 is 1.50 bits per heavy atom. The summed E-state index contributed by atoms with van der Waals surface area (Å²) < 4.78 is 2.44. The summed E-state index contributed by atoms with van der Waals surface area (Å²) in [5.41, 5.74) is 1.06. The fourth-order valence-corrected chi connectivity index (χ4v) is 1.79. The molecule has 1 rings (SSSR count). The molecule has 0 radical (unpaired) electrons. The molecule has 0 fully saturated rings. The van der Waals surface area contributed by atoms with Crippen LogP contribution in [0.15, 0.2) is 6.20 Å². The number of hydrogen-bond donors (Lipinski definition) is 2. The maximum Gasteiger partial charge on any atom is 0.240 e. The lowest BCUT2D eigenvalue weighted by Gasteiger charge is -2.12. The van der Waals surface area contributed by atoms with Crippen molar-refractivity contribution in [3.05, 3.63) is 16.7 Å². The average Bonchev–Trinajstić information content (AvgIpc) is 2.46. The Balaban J connectivity index is 2.84. The van der Waals surface area contributed by atoms with Gasteiger partial charge in [0, 0.05) is 17.9 Å². The van der Waals surface area contributed by atoms with Crippen molar-refractivity contribution in [3.8, 4) is 0 Å². The minimum atomic E-state index is -0.00685. The van der Waals surface area contributed by atoms with Crippen molar-refractivity contribution in [3.63, 3.8) is 0 Å². The number of H-pyrrole nitrogens is 1.